The molecule has 16 heavy (non-hydrogen) atoms. The molecule has 0 spiro atoms. The van der Waals surface area contributed by atoms with Gasteiger partial charge in [-0.05, 0) is 25.0 Å². The number of nitrogens with zero attached hydrogens (tertiary/aromatic N) is 2. The Kier molecular flexibility index (Phi) is 5.19. The molecule has 0 radical (unpaired) electrons. The van der Waals surface area contributed by atoms with E-state index in [2.05, 4.69) is 18.8 Å². The van der Waals surface area contributed by atoms with Crippen molar-refractivity contribution in [3.05, 3.63) is 24.1 Å². The van der Waals surface area contributed by atoms with Gasteiger partial charge in [-0.1, -0.05) is 13.8 Å². The van der Waals surface area contributed by atoms with Gasteiger partial charge >= 0.3 is 0 Å². The molecule has 0 aromatic carbocycles. The van der Waals surface area contributed by atoms with Crippen LogP contribution in [0.5, 0.6) is 0 Å². The second-order valence-electron chi connectivity index (χ2n) is 3.76. The van der Waals surface area contributed by atoms with Crippen molar-refractivity contribution in [2.75, 3.05) is 18.0 Å². The summed E-state index contributed by atoms with van der Waals surface area (Å²) in [6.07, 6.45) is 3.54. The lowest BCUT2D eigenvalue weighted by molar-refractivity contribution is 0.532. The van der Waals surface area contributed by atoms with Gasteiger partial charge in [0.25, 0.3) is 0 Å². The average molecular weight is 225 g/mol. The van der Waals surface area contributed by atoms with E-state index in [9.17, 15) is 4.39 Å². The standard InChI is InChI=1S/C12H20FN3/c1-3-10(4-2)16(9-7-14)12-11(13)6-5-8-15-12/h5-6,8,10H,3-4,7,9,14H2,1-2H3. The number of hydrogen-bond donors (Lipinski definition) is 1. The Bertz CT molecular complexity index is 313. The molecule has 0 aliphatic heterocycles. The molecule has 1 aromatic rings. The number of nitrogens with two attached hydrogens (primary N) is 1. The zero-order valence-corrected chi connectivity index (χ0v) is 9.99. The number of aromatic nitrogens is 1. The van der Waals surface area contributed by atoms with Crippen LogP contribution in [0.15, 0.2) is 18.3 Å². The fourth-order valence-electron chi connectivity index (χ4n) is 1.92. The van der Waals surface area contributed by atoms with E-state index in [1.54, 1.807) is 12.3 Å². The molecular weight excluding hydrogens is 205 g/mol. The summed E-state index contributed by atoms with van der Waals surface area (Å²) in [6, 6.07) is 3.34. The van der Waals surface area contributed by atoms with Crippen molar-refractivity contribution in [1.82, 2.24) is 4.98 Å². The topological polar surface area (TPSA) is 42.1 Å². The largest absolute Gasteiger partial charge is 0.350 e. The molecule has 0 amide bonds. The van der Waals surface area contributed by atoms with Crippen molar-refractivity contribution >= 4 is 5.82 Å². The lowest BCUT2D eigenvalue weighted by atomic mass is 10.1. The third kappa shape index (κ3) is 2.92. The molecule has 1 rings (SSSR count). The fourth-order valence-corrected chi connectivity index (χ4v) is 1.92. The summed E-state index contributed by atoms with van der Waals surface area (Å²) in [5.41, 5.74) is 5.57. The van der Waals surface area contributed by atoms with E-state index in [-0.39, 0.29) is 5.82 Å². The summed E-state index contributed by atoms with van der Waals surface area (Å²) in [6.45, 7) is 5.34. The molecule has 0 aliphatic carbocycles. The first-order valence-electron chi connectivity index (χ1n) is 5.81. The van der Waals surface area contributed by atoms with Crippen molar-refractivity contribution in [2.45, 2.75) is 32.7 Å². The number of anilines is 1. The molecule has 90 valence electrons. The highest BCUT2D eigenvalue weighted by Crippen LogP contribution is 2.20. The minimum absolute atomic E-state index is 0.275. The van der Waals surface area contributed by atoms with Crippen molar-refractivity contribution in [2.24, 2.45) is 5.73 Å². The summed E-state index contributed by atoms with van der Waals surface area (Å²) in [4.78, 5) is 6.08. The maximum absolute atomic E-state index is 13.7. The van der Waals surface area contributed by atoms with Crippen LogP contribution in [-0.4, -0.2) is 24.1 Å². The van der Waals surface area contributed by atoms with Gasteiger partial charge in [0.1, 0.15) is 0 Å². The first-order chi connectivity index (χ1) is 7.74. The van der Waals surface area contributed by atoms with Crippen LogP contribution in [0.2, 0.25) is 0 Å². The van der Waals surface area contributed by atoms with Crippen LogP contribution in [0.3, 0.4) is 0 Å². The first-order valence-corrected chi connectivity index (χ1v) is 5.81. The predicted molar refractivity (Wildman–Crippen MR) is 65.0 cm³/mol. The van der Waals surface area contributed by atoms with Gasteiger partial charge in [-0.3, -0.25) is 0 Å². The fraction of sp³-hybridized carbons (Fsp3) is 0.583. The van der Waals surface area contributed by atoms with Gasteiger partial charge in [0.05, 0.1) is 0 Å². The van der Waals surface area contributed by atoms with Gasteiger partial charge in [-0.2, -0.15) is 0 Å². The molecule has 2 N–H and O–H groups in total. The molecule has 0 aliphatic rings. The van der Waals surface area contributed by atoms with Crippen molar-refractivity contribution in [3.8, 4) is 0 Å². The SMILES string of the molecule is CCC(CC)N(CCN)c1ncccc1F. The van der Waals surface area contributed by atoms with Crippen molar-refractivity contribution < 1.29 is 4.39 Å². The number of pyridine rings is 1. The Morgan fingerprint density at radius 1 is 1.44 bits per heavy atom. The van der Waals surface area contributed by atoms with E-state index in [0.717, 1.165) is 12.8 Å². The minimum Gasteiger partial charge on any atom is -0.350 e. The molecular formula is C12H20FN3. The summed E-state index contributed by atoms with van der Waals surface area (Å²) < 4.78 is 13.7. The Labute approximate surface area is 96.5 Å². The first kappa shape index (κ1) is 12.9. The van der Waals surface area contributed by atoms with Gasteiger partial charge in [0, 0.05) is 25.3 Å². The van der Waals surface area contributed by atoms with Crippen LogP contribution < -0.4 is 10.6 Å². The molecule has 4 heteroatoms. The third-order valence-corrected chi connectivity index (χ3v) is 2.76. The molecule has 0 bridgehead atoms. The second-order valence-corrected chi connectivity index (χ2v) is 3.76. The van der Waals surface area contributed by atoms with E-state index < -0.39 is 0 Å². The number of rotatable bonds is 6. The highest BCUT2D eigenvalue weighted by atomic mass is 19.1. The normalized spacial score (nSPS) is 10.8. The van der Waals surface area contributed by atoms with E-state index >= 15 is 0 Å². The molecule has 0 atom stereocenters. The molecule has 1 aromatic heterocycles. The van der Waals surface area contributed by atoms with Gasteiger partial charge in [-0.15, -0.1) is 0 Å². The monoisotopic (exact) mass is 225 g/mol. The summed E-state index contributed by atoms with van der Waals surface area (Å²) in [7, 11) is 0. The molecule has 1 heterocycles. The summed E-state index contributed by atoms with van der Waals surface area (Å²) >= 11 is 0. The van der Waals surface area contributed by atoms with Crippen LogP contribution in [0, 0.1) is 5.82 Å². The highest BCUT2D eigenvalue weighted by Gasteiger charge is 2.18. The Hall–Kier alpha value is -1.16. The number of halogens is 1. The van der Waals surface area contributed by atoms with E-state index in [1.807, 2.05) is 4.90 Å². The molecule has 0 fully saturated rings. The highest BCUT2D eigenvalue weighted by molar-refractivity contribution is 5.40. The third-order valence-electron chi connectivity index (χ3n) is 2.76. The molecule has 0 saturated carbocycles. The zero-order chi connectivity index (χ0) is 12.0. The Morgan fingerprint density at radius 3 is 2.62 bits per heavy atom. The average Bonchev–Trinajstić information content (AvgIpc) is 2.30. The maximum atomic E-state index is 13.7. The lowest BCUT2D eigenvalue weighted by Crippen LogP contribution is -2.39. The molecule has 0 unspecified atom stereocenters. The van der Waals surface area contributed by atoms with Gasteiger partial charge in [-0.25, -0.2) is 9.37 Å². The molecule has 3 nitrogen and oxygen atoms in total. The van der Waals surface area contributed by atoms with Gasteiger partial charge in [0.15, 0.2) is 11.6 Å². The quantitative estimate of drug-likeness (QED) is 0.806. The second kappa shape index (κ2) is 6.43. The summed E-state index contributed by atoms with van der Waals surface area (Å²) in [5, 5.41) is 0. The van der Waals surface area contributed by atoms with Gasteiger partial charge < -0.3 is 10.6 Å². The maximum Gasteiger partial charge on any atom is 0.165 e. The van der Waals surface area contributed by atoms with Crippen LogP contribution >= 0.6 is 0 Å². The van der Waals surface area contributed by atoms with Crippen molar-refractivity contribution in [1.29, 1.82) is 0 Å². The minimum atomic E-state index is -0.275. The van der Waals surface area contributed by atoms with E-state index in [4.69, 9.17) is 5.73 Å². The van der Waals surface area contributed by atoms with Crippen molar-refractivity contribution in [3.63, 3.8) is 0 Å². The van der Waals surface area contributed by atoms with Crippen LogP contribution in [0.4, 0.5) is 10.2 Å². The smallest absolute Gasteiger partial charge is 0.165 e. The zero-order valence-electron chi connectivity index (χ0n) is 9.99. The lowest BCUT2D eigenvalue weighted by Gasteiger charge is -2.31. The van der Waals surface area contributed by atoms with E-state index in [0.29, 0.717) is 24.9 Å². The Morgan fingerprint density at radius 2 is 2.12 bits per heavy atom. The molecule has 0 saturated heterocycles. The van der Waals surface area contributed by atoms with E-state index in [1.165, 1.54) is 6.07 Å². The number of hydrogen-bond acceptors (Lipinski definition) is 3. The van der Waals surface area contributed by atoms with Crippen LogP contribution in [0.25, 0.3) is 0 Å². The van der Waals surface area contributed by atoms with Gasteiger partial charge in [0.2, 0.25) is 0 Å². The Balaban J connectivity index is 2.97. The van der Waals surface area contributed by atoms with Crippen LogP contribution in [0.1, 0.15) is 26.7 Å². The summed E-state index contributed by atoms with van der Waals surface area (Å²) in [5.74, 6) is 0.143. The van der Waals surface area contributed by atoms with Crippen LogP contribution in [-0.2, 0) is 0 Å². The predicted octanol–water partition coefficient (Wildman–Crippen LogP) is 2.17.